The van der Waals surface area contributed by atoms with Crippen molar-refractivity contribution in [3.05, 3.63) is 53.3 Å². The maximum absolute atomic E-state index is 15.0. The fourth-order valence-electron chi connectivity index (χ4n) is 4.61. The van der Waals surface area contributed by atoms with Gasteiger partial charge in [0.25, 0.3) is 0 Å². The van der Waals surface area contributed by atoms with Crippen molar-refractivity contribution < 1.29 is 38.8 Å². The topological polar surface area (TPSA) is 120 Å². The molecule has 4 rings (SSSR count). The first-order chi connectivity index (χ1) is 16.5. The third kappa shape index (κ3) is 4.76. The first-order valence-corrected chi connectivity index (χ1v) is 11.3. The fraction of sp³-hybridized carbons (Fsp3) is 0.440. The van der Waals surface area contributed by atoms with Gasteiger partial charge in [-0.3, -0.25) is 4.79 Å². The van der Waals surface area contributed by atoms with Gasteiger partial charge in [-0.15, -0.1) is 0 Å². The molecular formula is C25H29FN2O7. The Morgan fingerprint density at radius 1 is 1.14 bits per heavy atom. The second kappa shape index (κ2) is 9.35. The van der Waals surface area contributed by atoms with Gasteiger partial charge in [-0.2, -0.15) is 0 Å². The van der Waals surface area contributed by atoms with E-state index in [4.69, 9.17) is 9.47 Å². The summed E-state index contributed by atoms with van der Waals surface area (Å²) < 4.78 is 26.1. The Hall–Kier alpha value is -3.37. The van der Waals surface area contributed by atoms with Crippen LogP contribution in [0, 0.1) is 5.82 Å². The molecule has 2 aliphatic rings. The number of likely N-dealkylation sites (tertiary alicyclic amines) is 1. The summed E-state index contributed by atoms with van der Waals surface area (Å²) in [5, 5.41) is 31.1. The number of carbonyl (C=O) groups excluding carboxylic acids is 1. The summed E-state index contributed by atoms with van der Waals surface area (Å²) in [4.78, 5) is 26.4. The molecule has 10 heteroatoms. The highest BCUT2D eigenvalue weighted by Crippen LogP contribution is 2.39. The van der Waals surface area contributed by atoms with E-state index in [0.717, 1.165) is 10.5 Å². The number of carboxylic acid groups (broad SMARTS) is 1. The minimum atomic E-state index is -1.75. The number of aliphatic hydroxyl groups is 2. The number of benzene rings is 2. The number of ether oxygens (including phenoxy) is 2. The van der Waals surface area contributed by atoms with Gasteiger partial charge in [-0.1, -0.05) is 12.1 Å². The summed E-state index contributed by atoms with van der Waals surface area (Å²) >= 11 is 0. The highest BCUT2D eigenvalue weighted by molar-refractivity contribution is 5.97. The zero-order valence-electron chi connectivity index (χ0n) is 19.7. The minimum Gasteiger partial charge on any atom is -0.497 e. The number of methoxy groups -OCH3 is 1. The number of piperidine rings is 1. The molecule has 2 aliphatic heterocycles. The van der Waals surface area contributed by atoms with Crippen molar-refractivity contribution in [2.75, 3.05) is 31.7 Å². The maximum Gasteiger partial charge on any atom is 0.407 e. The third-order valence-corrected chi connectivity index (χ3v) is 6.88. The molecule has 35 heavy (non-hydrogen) atoms. The summed E-state index contributed by atoms with van der Waals surface area (Å²) in [6.45, 7) is 0.976. The molecule has 2 unspecified atom stereocenters. The molecule has 9 nitrogen and oxygen atoms in total. The van der Waals surface area contributed by atoms with Crippen molar-refractivity contribution in [1.29, 1.82) is 0 Å². The lowest BCUT2D eigenvalue weighted by atomic mass is 9.78. The summed E-state index contributed by atoms with van der Waals surface area (Å²) in [5.74, 6) is 0.198. The quantitative estimate of drug-likeness (QED) is 0.572. The predicted molar refractivity (Wildman–Crippen MR) is 124 cm³/mol. The number of amides is 2. The van der Waals surface area contributed by atoms with Gasteiger partial charge in [0.2, 0.25) is 5.91 Å². The zero-order valence-corrected chi connectivity index (χ0v) is 19.7. The van der Waals surface area contributed by atoms with Crippen LogP contribution < -0.4 is 14.4 Å². The van der Waals surface area contributed by atoms with Crippen LogP contribution in [-0.2, 0) is 17.8 Å². The molecule has 2 aromatic carbocycles. The van der Waals surface area contributed by atoms with E-state index in [1.54, 1.807) is 31.4 Å². The van der Waals surface area contributed by atoms with Crippen LogP contribution in [0.2, 0.25) is 0 Å². The van der Waals surface area contributed by atoms with Gasteiger partial charge in [-0.05, 0) is 43.2 Å². The van der Waals surface area contributed by atoms with E-state index in [1.165, 1.54) is 24.0 Å². The van der Waals surface area contributed by atoms with Gasteiger partial charge in [0.05, 0.1) is 25.9 Å². The van der Waals surface area contributed by atoms with Crippen LogP contribution in [-0.4, -0.2) is 70.2 Å². The van der Waals surface area contributed by atoms with E-state index in [0.29, 0.717) is 17.1 Å². The molecule has 2 amide bonds. The van der Waals surface area contributed by atoms with Gasteiger partial charge in [0, 0.05) is 24.9 Å². The van der Waals surface area contributed by atoms with Crippen molar-refractivity contribution in [2.45, 2.75) is 43.9 Å². The lowest BCUT2D eigenvalue weighted by Crippen LogP contribution is -2.66. The standard InChI is InChI=1S/C25H29FN2O7/c1-24(32)14-27(23(30)31)12-11-25(24,33)15-35-20-9-8-19(26)22-18(20)7-10-21(29)28(22)13-16-3-5-17(34-2)6-4-16/h3-6,8-9,32-33H,7,10-15H2,1-2H3,(H,30,31). The zero-order chi connectivity index (χ0) is 25.4. The van der Waals surface area contributed by atoms with Gasteiger partial charge >= 0.3 is 6.09 Å². The van der Waals surface area contributed by atoms with Gasteiger partial charge < -0.3 is 34.6 Å². The van der Waals surface area contributed by atoms with Crippen LogP contribution in [0.15, 0.2) is 36.4 Å². The molecule has 0 aliphatic carbocycles. The van der Waals surface area contributed by atoms with E-state index in [1.807, 2.05) is 0 Å². The molecule has 1 fully saturated rings. The van der Waals surface area contributed by atoms with Crippen molar-refractivity contribution in [1.82, 2.24) is 4.90 Å². The van der Waals surface area contributed by atoms with E-state index in [-0.39, 0.29) is 57.1 Å². The van der Waals surface area contributed by atoms with Crippen molar-refractivity contribution in [3.8, 4) is 11.5 Å². The molecule has 0 radical (unpaired) electrons. The van der Waals surface area contributed by atoms with E-state index in [9.17, 15) is 29.3 Å². The molecule has 1 saturated heterocycles. The second-order valence-electron chi connectivity index (χ2n) is 9.25. The van der Waals surface area contributed by atoms with Gasteiger partial charge in [-0.25, -0.2) is 9.18 Å². The third-order valence-electron chi connectivity index (χ3n) is 6.88. The molecule has 2 heterocycles. The predicted octanol–water partition coefficient (Wildman–Crippen LogP) is 2.56. The molecular weight excluding hydrogens is 459 g/mol. The Morgan fingerprint density at radius 3 is 2.49 bits per heavy atom. The molecule has 2 aromatic rings. The number of fused-ring (bicyclic) bond motifs is 1. The Labute approximate surface area is 202 Å². The number of anilines is 1. The molecule has 3 N–H and O–H groups in total. The summed E-state index contributed by atoms with van der Waals surface area (Å²) in [6, 6.07) is 9.80. The number of carbonyl (C=O) groups is 2. The number of rotatable bonds is 6. The molecule has 0 bridgehead atoms. The SMILES string of the molecule is COc1ccc(CN2C(=O)CCc3c(OCC4(O)CCN(C(=O)O)CC4(C)O)ccc(F)c32)cc1. The van der Waals surface area contributed by atoms with Crippen LogP contribution >= 0.6 is 0 Å². The summed E-state index contributed by atoms with van der Waals surface area (Å²) in [7, 11) is 1.56. The molecule has 2 atom stereocenters. The highest BCUT2D eigenvalue weighted by atomic mass is 19.1. The largest absolute Gasteiger partial charge is 0.497 e. The van der Waals surface area contributed by atoms with Crippen molar-refractivity contribution >= 4 is 17.7 Å². The van der Waals surface area contributed by atoms with E-state index < -0.39 is 23.1 Å². The first kappa shape index (κ1) is 24.7. The van der Waals surface area contributed by atoms with Crippen molar-refractivity contribution in [2.24, 2.45) is 0 Å². The average molecular weight is 489 g/mol. The lowest BCUT2D eigenvalue weighted by Gasteiger charge is -2.47. The monoisotopic (exact) mass is 488 g/mol. The molecule has 0 saturated carbocycles. The number of hydrogen-bond acceptors (Lipinski definition) is 6. The molecule has 188 valence electrons. The number of nitrogens with zero attached hydrogens (tertiary/aromatic N) is 2. The highest BCUT2D eigenvalue weighted by Gasteiger charge is 2.51. The van der Waals surface area contributed by atoms with Crippen molar-refractivity contribution in [3.63, 3.8) is 0 Å². The number of halogens is 1. The Morgan fingerprint density at radius 2 is 1.86 bits per heavy atom. The van der Waals surface area contributed by atoms with Crippen LogP contribution in [0.5, 0.6) is 11.5 Å². The number of β-amino-alcohol motifs (C(OH)–C–C–N with tert-alkyl or cyclic N) is 1. The lowest BCUT2D eigenvalue weighted by molar-refractivity contribution is -0.188. The summed E-state index contributed by atoms with van der Waals surface area (Å²) in [5.41, 5.74) is -2.03. The maximum atomic E-state index is 15.0. The van der Waals surface area contributed by atoms with Crippen LogP contribution in [0.3, 0.4) is 0 Å². The normalized spacial score (nSPS) is 24.2. The molecule has 0 spiro atoms. The van der Waals surface area contributed by atoms with E-state index in [2.05, 4.69) is 0 Å². The van der Waals surface area contributed by atoms with Crippen LogP contribution in [0.1, 0.15) is 30.9 Å². The van der Waals surface area contributed by atoms with Crippen LogP contribution in [0.4, 0.5) is 14.9 Å². The van der Waals surface area contributed by atoms with Gasteiger partial charge in [0.15, 0.2) is 0 Å². The first-order valence-electron chi connectivity index (χ1n) is 11.3. The smallest absolute Gasteiger partial charge is 0.407 e. The average Bonchev–Trinajstić information content (AvgIpc) is 2.82. The second-order valence-corrected chi connectivity index (χ2v) is 9.25. The van der Waals surface area contributed by atoms with Gasteiger partial charge in [0.1, 0.15) is 35.1 Å². The Kier molecular flexibility index (Phi) is 6.61. The number of hydrogen-bond donors (Lipinski definition) is 3. The minimum absolute atomic E-state index is 0.0300. The fourth-order valence-corrected chi connectivity index (χ4v) is 4.61. The van der Waals surface area contributed by atoms with Crippen LogP contribution in [0.25, 0.3) is 0 Å². The Bertz CT molecular complexity index is 1120. The Balaban J connectivity index is 1.57. The summed E-state index contributed by atoms with van der Waals surface area (Å²) in [6.07, 6.45) is -0.777. The molecule has 0 aromatic heterocycles. The van der Waals surface area contributed by atoms with E-state index >= 15 is 0 Å².